The molecule has 17 heavy (non-hydrogen) atoms. The van der Waals surface area contributed by atoms with Crippen molar-refractivity contribution < 1.29 is 4.79 Å². The molecule has 92 valence electrons. The van der Waals surface area contributed by atoms with Crippen LogP contribution in [0.5, 0.6) is 0 Å². The number of carbonyl (C=O) groups is 1. The minimum absolute atomic E-state index is 0.169. The molecule has 0 unspecified atom stereocenters. The van der Waals surface area contributed by atoms with Crippen LogP contribution in [0.2, 0.25) is 0 Å². The summed E-state index contributed by atoms with van der Waals surface area (Å²) < 4.78 is 0. The number of aryl methyl sites for hydroxylation is 1. The highest BCUT2D eigenvalue weighted by Gasteiger charge is 2.20. The molecule has 0 heterocycles. The molecule has 2 rings (SSSR count). The molecule has 0 aliphatic heterocycles. The van der Waals surface area contributed by atoms with Gasteiger partial charge < -0.3 is 10.2 Å². The lowest BCUT2D eigenvalue weighted by Gasteiger charge is -2.17. The third kappa shape index (κ3) is 3.56. The average Bonchev–Trinajstić information content (AvgIpc) is 3.13. The van der Waals surface area contributed by atoms with Crippen LogP contribution < -0.4 is 10.2 Å². The Morgan fingerprint density at radius 3 is 2.59 bits per heavy atom. The Hall–Kier alpha value is -1.35. The highest BCUT2D eigenvalue weighted by atomic mass is 16.2. The minimum Gasteiger partial charge on any atom is -0.315 e. The number of rotatable bonds is 5. The second-order valence-electron chi connectivity index (χ2n) is 4.77. The summed E-state index contributed by atoms with van der Waals surface area (Å²) in [5.41, 5.74) is 2.18. The van der Waals surface area contributed by atoms with Gasteiger partial charge in [-0.1, -0.05) is 17.7 Å². The van der Waals surface area contributed by atoms with E-state index in [1.54, 1.807) is 4.90 Å². The van der Waals surface area contributed by atoms with Gasteiger partial charge in [-0.05, 0) is 31.9 Å². The zero-order valence-corrected chi connectivity index (χ0v) is 10.6. The number of hydrogen-bond acceptors (Lipinski definition) is 2. The van der Waals surface area contributed by atoms with Gasteiger partial charge in [-0.2, -0.15) is 0 Å². The lowest BCUT2D eigenvalue weighted by molar-refractivity contribution is -0.118. The Balaban J connectivity index is 1.82. The van der Waals surface area contributed by atoms with Gasteiger partial charge in [0.25, 0.3) is 0 Å². The largest absolute Gasteiger partial charge is 0.315 e. The molecule has 1 N–H and O–H groups in total. The van der Waals surface area contributed by atoms with Crippen LogP contribution in [0.25, 0.3) is 0 Å². The normalized spacial score (nSPS) is 14.7. The zero-order chi connectivity index (χ0) is 12.3. The van der Waals surface area contributed by atoms with E-state index in [1.807, 2.05) is 38.2 Å². The highest BCUT2D eigenvalue weighted by molar-refractivity contribution is 5.92. The van der Waals surface area contributed by atoms with Crippen molar-refractivity contribution in [2.45, 2.75) is 32.2 Å². The molecule has 0 spiro atoms. The molecule has 3 nitrogen and oxygen atoms in total. The Morgan fingerprint density at radius 1 is 1.35 bits per heavy atom. The van der Waals surface area contributed by atoms with Gasteiger partial charge in [-0.25, -0.2) is 0 Å². The number of benzene rings is 1. The van der Waals surface area contributed by atoms with Crippen LogP contribution in [0.1, 0.15) is 24.8 Å². The molecule has 3 heteroatoms. The molecule has 1 aromatic rings. The van der Waals surface area contributed by atoms with Gasteiger partial charge in [0.15, 0.2) is 0 Å². The maximum Gasteiger partial charge on any atom is 0.227 e. The van der Waals surface area contributed by atoms with Gasteiger partial charge in [0.1, 0.15) is 0 Å². The average molecular weight is 232 g/mol. The van der Waals surface area contributed by atoms with Crippen molar-refractivity contribution in [3.05, 3.63) is 29.8 Å². The number of anilines is 1. The third-order valence-electron chi connectivity index (χ3n) is 3.14. The van der Waals surface area contributed by atoms with E-state index in [4.69, 9.17) is 0 Å². The van der Waals surface area contributed by atoms with Gasteiger partial charge >= 0.3 is 0 Å². The fourth-order valence-corrected chi connectivity index (χ4v) is 1.75. The Morgan fingerprint density at radius 2 is 2.00 bits per heavy atom. The van der Waals surface area contributed by atoms with Crippen LogP contribution in [-0.2, 0) is 4.79 Å². The Labute approximate surface area is 103 Å². The van der Waals surface area contributed by atoms with E-state index in [2.05, 4.69) is 5.32 Å². The maximum atomic E-state index is 11.9. The van der Waals surface area contributed by atoms with E-state index in [1.165, 1.54) is 18.4 Å². The van der Waals surface area contributed by atoms with Crippen molar-refractivity contribution >= 4 is 11.6 Å². The molecule has 1 aliphatic carbocycles. The molecule has 0 bridgehead atoms. The minimum atomic E-state index is 0.169. The molecule has 1 aliphatic rings. The van der Waals surface area contributed by atoms with E-state index in [0.29, 0.717) is 12.5 Å². The van der Waals surface area contributed by atoms with E-state index >= 15 is 0 Å². The van der Waals surface area contributed by atoms with Gasteiger partial charge in [-0.3, -0.25) is 4.79 Å². The van der Waals surface area contributed by atoms with Crippen LogP contribution in [0.3, 0.4) is 0 Å². The molecule has 1 aromatic carbocycles. The topological polar surface area (TPSA) is 32.3 Å². The summed E-state index contributed by atoms with van der Waals surface area (Å²) in [7, 11) is 1.84. The van der Waals surface area contributed by atoms with Crippen molar-refractivity contribution in [3.63, 3.8) is 0 Å². The lowest BCUT2D eigenvalue weighted by atomic mass is 10.2. The molecule has 1 amide bonds. The lowest BCUT2D eigenvalue weighted by Crippen LogP contribution is -2.30. The Kier molecular flexibility index (Phi) is 3.79. The van der Waals surface area contributed by atoms with Crippen molar-refractivity contribution in [1.82, 2.24) is 5.32 Å². The molecule has 0 aromatic heterocycles. The summed E-state index contributed by atoms with van der Waals surface area (Å²) in [5, 5.41) is 3.36. The Bertz CT molecular complexity index is 382. The summed E-state index contributed by atoms with van der Waals surface area (Å²) >= 11 is 0. The molecular formula is C14H20N2O. The molecule has 1 saturated carbocycles. The standard InChI is InChI=1S/C14H20N2O/c1-11-3-7-13(8-4-11)16(2)14(17)9-10-15-12-5-6-12/h3-4,7-8,12,15H,5-6,9-10H2,1-2H3. The zero-order valence-electron chi connectivity index (χ0n) is 10.6. The van der Waals surface area contributed by atoms with E-state index in [0.717, 1.165) is 12.2 Å². The number of carbonyl (C=O) groups excluding carboxylic acids is 1. The first kappa shape index (κ1) is 12.1. The van der Waals surface area contributed by atoms with Crippen LogP contribution in [-0.4, -0.2) is 25.5 Å². The van der Waals surface area contributed by atoms with Crippen molar-refractivity contribution in [2.75, 3.05) is 18.5 Å². The summed E-state index contributed by atoms with van der Waals surface area (Å²) in [6, 6.07) is 8.71. The molecule has 0 saturated heterocycles. The van der Waals surface area contributed by atoms with Crippen molar-refractivity contribution in [2.24, 2.45) is 0 Å². The SMILES string of the molecule is Cc1ccc(N(C)C(=O)CCNC2CC2)cc1. The third-order valence-corrected chi connectivity index (χ3v) is 3.14. The second-order valence-corrected chi connectivity index (χ2v) is 4.77. The number of nitrogens with zero attached hydrogens (tertiary/aromatic N) is 1. The second kappa shape index (κ2) is 5.32. The maximum absolute atomic E-state index is 11.9. The molecule has 0 radical (unpaired) electrons. The quantitative estimate of drug-likeness (QED) is 0.843. The highest BCUT2D eigenvalue weighted by Crippen LogP contribution is 2.18. The van der Waals surface area contributed by atoms with Gasteiger partial charge in [0, 0.05) is 31.7 Å². The van der Waals surface area contributed by atoms with Crippen LogP contribution in [0.4, 0.5) is 5.69 Å². The summed E-state index contributed by atoms with van der Waals surface area (Å²) in [4.78, 5) is 13.6. The van der Waals surface area contributed by atoms with Crippen LogP contribution >= 0.6 is 0 Å². The van der Waals surface area contributed by atoms with E-state index in [9.17, 15) is 4.79 Å². The van der Waals surface area contributed by atoms with Crippen molar-refractivity contribution in [3.8, 4) is 0 Å². The molecular weight excluding hydrogens is 212 g/mol. The number of amides is 1. The first-order valence-electron chi connectivity index (χ1n) is 6.23. The van der Waals surface area contributed by atoms with Crippen LogP contribution in [0, 0.1) is 6.92 Å². The smallest absolute Gasteiger partial charge is 0.227 e. The molecule has 0 atom stereocenters. The summed E-state index contributed by atoms with van der Waals surface area (Å²) in [5.74, 6) is 0.169. The fraction of sp³-hybridized carbons (Fsp3) is 0.500. The van der Waals surface area contributed by atoms with Gasteiger partial charge in [0.2, 0.25) is 5.91 Å². The van der Waals surface area contributed by atoms with E-state index < -0.39 is 0 Å². The predicted octanol–water partition coefficient (Wildman–Crippen LogP) is 2.10. The fourth-order valence-electron chi connectivity index (χ4n) is 1.75. The monoisotopic (exact) mass is 232 g/mol. The van der Waals surface area contributed by atoms with E-state index in [-0.39, 0.29) is 5.91 Å². The summed E-state index contributed by atoms with van der Waals surface area (Å²) in [6.45, 7) is 2.84. The summed E-state index contributed by atoms with van der Waals surface area (Å²) in [6.07, 6.45) is 3.10. The first-order chi connectivity index (χ1) is 8.16. The predicted molar refractivity (Wildman–Crippen MR) is 70.2 cm³/mol. The van der Waals surface area contributed by atoms with Gasteiger partial charge in [0.05, 0.1) is 0 Å². The van der Waals surface area contributed by atoms with Crippen molar-refractivity contribution in [1.29, 1.82) is 0 Å². The number of hydrogen-bond donors (Lipinski definition) is 1. The number of nitrogens with one attached hydrogen (secondary N) is 1. The molecule has 1 fully saturated rings. The first-order valence-corrected chi connectivity index (χ1v) is 6.23. The van der Waals surface area contributed by atoms with Gasteiger partial charge in [-0.15, -0.1) is 0 Å². The van der Waals surface area contributed by atoms with Crippen LogP contribution in [0.15, 0.2) is 24.3 Å².